The molecule has 5 aromatic rings. The number of aromatic amines is 2. The molecule has 0 atom stereocenters. The van der Waals surface area contributed by atoms with E-state index in [1.165, 1.54) is 28.4 Å². The molecular formula is C62H68N6O12Si2. The number of allylic oxidation sites excluding steroid dienone is 4. The molecule has 0 radical (unpaired) electrons. The number of benzene rings is 2. The summed E-state index contributed by atoms with van der Waals surface area (Å²) in [6, 6.07) is 14.7. The largest absolute Gasteiger partial charge is 0.469 e. The van der Waals surface area contributed by atoms with Gasteiger partial charge >= 0.3 is 35.3 Å². The maximum atomic E-state index is 14.4. The SMILES string of the molecule is COC(=O)CCC1=C(C)c2nc1c([N+](=O)[O-])c1nc(c(-c3cccc(C#C[Si](C)(C)C)c3)c3[nH]c(c(CCC(=O)OC)c3C)c([N+](=O)[O-])c3[nH]c(c(C)c3CCC(=O)OC)c2-c2cccc(C#C[Si](C)(C)C)c2)C(C)=C1CCC(=O)OC. The van der Waals surface area contributed by atoms with Crippen LogP contribution in [0.25, 0.3) is 66.6 Å². The number of nitrogens with zero attached hydrogens (tertiary/aromatic N) is 4. The van der Waals surface area contributed by atoms with Gasteiger partial charge in [-0.25, -0.2) is 9.97 Å². The smallest absolute Gasteiger partial charge is 0.320 e. The van der Waals surface area contributed by atoms with Gasteiger partial charge in [-0.2, -0.15) is 0 Å². The minimum atomic E-state index is -1.93. The molecule has 18 nitrogen and oxygen atoms in total. The lowest BCUT2D eigenvalue weighted by Crippen LogP contribution is -2.16. The average molecular weight is 1150 g/mol. The molecule has 0 spiro atoms. The van der Waals surface area contributed by atoms with Gasteiger partial charge in [0.25, 0.3) is 0 Å². The number of methoxy groups -OCH3 is 4. The number of fused-ring (bicyclic) bond motifs is 8. The van der Waals surface area contributed by atoms with Crippen LogP contribution in [0.1, 0.15) is 109 Å². The lowest BCUT2D eigenvalue weighted by molar-refractivity contribution is -0.385. The van der Waals surface area contributed by atoms with Crippen molar-refractivity contribution in [3.05, 3.63) is 125 Å². The highest BCUT2D eigenvalue weighted by Gasteiger charge is 2.37. The first-order valence-electron chi connectivity index (χ1n) is 26.8. The number of nitro groups is 2. The topological polar surface area (TPSA) is 249 Å². The van der Waals surface area contributed by atoms with E-state index in [9.17, 15) is 39.4 Å². The maximum absolute atomic E-state index is 14.4. The van der Waals surface area contributed by atoms with E-state index in [4.69, 9.17) is 28.9 Å². The molecule has 0 fully saturated rings. The summed E-state index contributed by atoms with van der Waals surface area (Å²) >= 11 is 0. The molecule has 8 bridgehead atoms. The molecule has 5 heterocycles. The predicted molar refractivity (Wildman–Crippen MR) is 323 cm³/mol. The second-order valence-corrected chi connectivity index (χ2v) is 31.7. The molecular weight excluding hydrogens is 1080 g/mol. The first kappa shape index (κ1) is 60.9. The minimum Gasteiger partial charge on any atom is -0.469 e. The number of H-pyrrole nitrogens is 2. The fraction of sp³-hybridized carbons (Fsp3) is 0.355. The number of carbonyl (C=O) groups is 4. The van der Waals surface area contributed by atoms with Crippen molar-refractivity contribution in [2.75, 3.05) is 28.4 Å². The number of hydrogen-bond acceptors (Lipinski definition) is 14. The molecule has 2 N–H and O–H groups in total. The Morgan fingerprint density at radius 2 is 0.854 bits per heavy atom. The summed E-state index contributed by atoms with van der Waals surface area (Å²) in [6.07, 6.45) is -0.982. The van der Waals surface area contributed by atoms with Gasteiger partial charge in [0.2, 0.25) is 0 Å². The van der Waals surface area contributed by atoms with Crippen molar-refractivity contribution in [2.24, 2.45) is 0 Å². The number of hydrogen-bond donors (Lipinski definition) is 2. The molecule has 82 heavy (non-hydrogen) atoms. The molecule has 0 unspecified atom stereocenters. The number of ether oxygens (including phenoxy) is 4. The van der Waals surface area contributed by atoms with E-state index in [2.05, 4.69) is 72.2 Å². The first-order valence-corrected chi connectivity index (χ1v) is 33.8. The Bertz CT molecular complexity index is 3650. The van der Waals surface area contributed by atoms with E-state index in [1.807, 2.05) is 48.5 Å². The Morgan fingerprint density at radius 3 is 1.17 bits per heavy atom. The average Bonchev–Trinajstić information content (AvgIpc) is 4.03. The Balaban J connectivity index is 1.91. The van der Waals surface area contributed by atoms with Gasteiger partial charge in [0.05, 0.1) is 60.7 Å². The van der Waals surface area contributed by atoms with Crippen LogP contribution in [0.15, 0.2) is 48.5 Å². The van der Waals surface area contributed by atoms with Gasteiger partial charge in [0, 0.05) is 47.9 Å². The number of carbonyl (C=O) groups excluding carboxylic acids is 4. The molecule has 0 aliphatic carbocycles. The van der Waals surface area contributed by atoms with Crippen molar-refractivity contribution in [2.45, 2.75) is 118 Å². The van der Waals surface area contributed by atoms with Crippen LogP contribution in [0.5, 0.6) is 0 Å². The zero-order chi connectivity index (χ0) is 60.1. The lowest BCUT2D eigenvalue weighted by Gasteiger charge is -2.10. The molecule has 20 heteroatoms. The second-order valence-electron chi connectivity index (χ2n) is 22.2. The molecule has 0 amide bonds. The summed E-state index contributed by atoms with van der Waals surface area (Å²) in [5.41, 5.74) is 13.3. The van der Waals surface area contributed by atoms with Crippen LogP contribution in [-0.2, 0) is 51.0 Å². The van der Waals surface area contributed by atoms with Crippen molar-refractivity contribution < 1.29 is 48.0 Å². The maximum Gasteiger partial charge on any atom is 0.320 e. The number of aryl methyl sites for hydroxylation is 4. The Hall–Kier alpha value is -8.73. The third-order valence-electron chi connectivity index (χ3n) is 14.3. The van der Waals surface area contributed by atoms with Gasteiger partial charge in [-0.15, -0.1) is 11.1 Å². The van der Waals surface area contributed by atoms with Crippen molar-refractivity contribution in [3.8, 4) is 45.2 Å². The van der Waals surface area contributed by atoms with Crippen LogP contribution < -0.4 is 0 Å². The molecule has 0 saturated heterocycles. The van der Waals surface area contributed by atoms with Gasteiger partial charge < -0.3 is 28.9 Å². The van der Waals surface area contributed by atoms with Crippen LogP contribution in [0.2, 0.25) is 39.3 Å². The summed E-state index contributed by atoms with van der Waals surface area (Å²) in [4.78, 5) is 97.6. The normalized spacial score (nSPS) is 12.3. The zero-order valence-corrected chi connectivity index (χ0v) is 51.0. The summed E-state index contributed by atoms with van der Waals surface area (Å²) in [7, 11) is 1.16. The van der Waals surface area contributed by atoms with Gasteiger partial charge in [0.1, 0.15) is 38.6 Å². The Morgan fingerprint density at radius 1 is 0.512 bits per heavy atom. The monoisotopic (exact) mass is 1140 g/mol. The van der Waals surface area contributed by atoms with Crippen LogP contribution in [0.4, 0.5) is 11.4 Å². The van der Waals surface area contributed by atoms with E-state index in [0.29, 0.717) is 89.0 Å². The lowest BCUT2D eigenvalue weighted by atomic mass is 9.92. The van der Waals surface area contributed by atoms with Crippen molar-refractivity contribution in [1.82, 2.24) is 19.9 Å². The number of nitrogens with one attached hydrogen (secondary N) is 2. The highest BCUT2D eigenvalue weighted by molar-refractivity contribution is 6.84. The quantitative estimate of drug-likeness (QED) is 0.0233. The van der Waals surface area contributed by atoms with Crippen molar-refractivity contribution in [3.63, 3.8) is 0 Å². The van der Waals surface area contributed by atoms with Crippen LogP contribution in [0, 0.1) is 57.0 Å². The third kappa shape index (κ3) is 13.2. The summed E-state index contributed by atoms with van der Waals surface area (Å²) < 4.78 is 20.5. The number of aromatic nitrogens is 4. The van der Waals surface area contributed by atoms with Crippen molar-refractivity contribution in [1.29, 1.82) is 0 Å². The van der Waals surface area contributed by atoms with Crippen LogP contribution >= 0.6 is 0 Å². The standard InChI is InChI=1S/C62H68N6O12Si2/c1-35-43(21-25-47(69)77-5)57-61(67(73)74)58-45(23-27-49(71)79-7)37(3)55(65-58)52(42-20-16-18-40(34-42)30-32-82(12,13)14)56-38(4)46(24-28-50(72)80-8)60(66-56)62(68(75)76)59-44(22-26-48(70)78-6)36(2)54(64-59)51(53(35)63-57)41-19-15-17-39(33-41)29-31-81(9,10)11/h15-20,33-34,63,65H,21-28H2,1-14H3. The highest BCUT2D eigenvalue weighted by atomic mass is 28.3. The summed E-state index contributed by atoms with van der Waals surface area (Å²) in [5.74, 6) is 4.36. The first-order chi connectivity index (χ1) is 38.7. The number of rotatable bonds is 16. The molecule has 3 aromatic heterocycles. The van der Waals surface area contributed by atoms with Gasteiger partial charge in [-0.3, -0.25) is 39.4 Å². The number of esters is 4. The molecule has 7 rings (SSSR count). The zero-order valence-electron chi connectivity index (χ0n) is 49.0. The Kier molecular flexibility index (Phi) is 18.5. The van der Waals surface area contributed by atoms with E-state index in [1.54, 1.807) is 27.7 Å². The van der Waals surface area contributed by atoms with Gasteiger partial charge in [-0.05, 0) is 133 Å². The molecule has 0 saturated carbocycles. The van der Waals surface area contributed by atoms with Gasteiger partial charge in [-0.1, -0.05) is 75.4 Å². The second kappa shape index (κ2) is 25.0. The minimum absolute atomic E-state index is 0.0286. The molecule has 2 aliphatic heterocycles. The highest BCUT2D eigenvalue weighted by Crippen LogP contribution is 2.49. The van der Waals surface area contributed by atoms with E-state index in [0.717, 1.165) is 0 Å². The fourth-order valence-corrected chi connectivity index (χ4v) is 11.2. The van der Waals surface area contributed by atoms with E-state index >= 15 is 0 Å². The van der Waals surface area contributed by atoms with Crippen molar-refractivity contribution >= 4 is 95.8 Å². The van der Waals surface area contributed by atoms with E-state index < -0.39 is 61.2 Å². The summed E-state index contributed by atoms with van der Waals surface area (Å²) in [6.45, 7) is 19.7. The fourth-order valence-electron chi connectivity index (χ4n) is 10.2. The Labute approximate surface area is 478 Å². The summed E-state index contributed by atoms with van der Waals surface area (Å²) in [5, 5.41) is 28.7. The van der Waals surface area contributed by atoms with E-state index in [-0.39, 0.29) is 85.2 Å². The molecule has 2 aromatic carbocycles. The molecule has 2 aliphatic rings. The van der Waals surface area contributed by atoms with Crippen LogP contribution in [-0.4, -0.2) is 98.2 Å². The predicted octanol–water partition coefficient (Wildman–Crippen LogP) is 12.5. The molecule has 426 valence electrons. The van der Waals surface area contributed by atoms with Crippen LogP contribution in [0.3, 0.4) is 0 Å². The van der Waals surface area contributed by atoms with Gasteiger partial charge in [0.15, 0.2) is 0 Å². The third-order valence-corrected chi connectivity index (χ3v) is 16.1.